The fraction of sp³-hybridized carbons (Fsp3) is 0.900. The first-order valence-electron chi connectivity index (χ1n) is 4.90. The van der Waals surface area contributed by atoms with Gasteiger partial charge in [0.25, 0.3) is 0 Å². The Hall–Kier alpha value is -0.280. The molecule has 0 aliphatic rings. The Kier molecular flexibility index (Phi) is 6.93. The zero-order chi connectivity index (χ0) is 11.1. The summed E-state index contributed by atoms with van der Waals surface area (Å²) < 4.78 is 4.96. The van der Waals surface area contributed by atoms with Gasteiger partial charge in [0.15, 0.2) is 0 Å². The van der Waals surface area contributed by atoms with E-state index in [2.05, 4.69) is 0 Å². The number of alkyl halides is 1. The minimum Gasteiger partial charge on any atom is -0.383 e. The molecule has 0 saturated heterocycles. The van der Waals surface area contributed by atoms with Gasteiger partial charge in [0, 0.05) is 31.5 Å². The molecular formula is C10H20ClNO2. The number of methoxy groups -OCH3 is 1. The normalized spacial score (nSPS) is 13.0. The van der Waals surface area contributed by atoms with Gasteiger partial charge in [0.2, 0.25) is 5.91 Å². The van der Waals surface area contributed by atoms with Gasteiger partial charge in [-0.05, 0) is 13.8 Å². The number of carbonyl (C=O) groups excluding carboxylic acids is 1. The second kappa shape index (κ2) is 7.07. The predicted molar refractivity (Wildman–Crippen MR) is 58.6 cm³/mol. The van der Waals surface area contributed by atoms with Crippen LogP contribution in [0.4, 0.5) is 0 Å². The molecule has 0 aromatic rings. The van der Waals surface area contributed by atoms with E-state index in [4.69, 9.17) is 16.3 Å². The van der Waals surface area contributed by atoms with Crippen LogP contribution in [0.25, 0.3) is 0 Å². The first kappa shape index (κ1) is 13.7. The molecule has 0 bridgehead atoms. The molecule has 0 rings (SSSR count). The van der Waals surface area contributed by atoms with Crippen molar-refractivity contribution in [1.82, 2.24) is 4.90 Å². The highest BCUT2D eigenvalue weighted by molar-refractivity contribution is 6.19. The zero-order valence-corrected chi connectivity index (χ0v) is 10.2. The van der Waals surface area contributed by atoms with E-state index >= 15 is 0 Å². The number of amides is 1. The summed E-state index contributed by atoms with van der Waals surface area (Å²) in [6, 6.07) is 0.198. The largest absolute Gasteiger partial charge is 0.383 e. The fourth-order valence-corrected chi connectivity index (χ4v) is 1.29. The molecule has 3 nitrogen and oxygen atoms in total. The summed E-state index contributed by atoms with van der Waals surface area (Å²) in [4.78, 5) is 13.6. The van der Waals surface area contributed by atoms with E-state index in [0.717, 1.165) is 0 Å². The zero-order valence-electron chi connectivity index (χ0n) is 9.42. The number of ether oxygens (including phenoxy) is 1. The third-order valence-electron chi connectivity index (χ3n) is 2.10. The Morgan fingerprint density at radius 3 is 2.36 bits per heavy atom. The molecular weight excluding hydrogens is 202 g/mol. The summed E-state index contributed by atoms with van der Waals surface area (Å²) in [5.41, 5.74) is 0. The molecule has 1 unspecified atom stereocenters. The SMILES string of the molecule is COCCN(C(=O)C(C)CCl)C(C)C. The van der Waals surface area contributed by atoms with E-state index in [1.807, 2.05) is 20.8 Å². The summed E-state index contributed by atoms with van der Waals surface area (Å²) in [5, 5.41) is 0. The molecule has 0 spiro atoms. The lowest BCUT2D eigenvalue weighted by Crippen LogP contribution is -2.42. The van der Waals surface area contributed by atoms with Gasteiger partial charge in [-0.2, -0.15) is 0 Å². The van der Waals surface area contributed by atoms with Crippen molar-refractivity contribution in [2.24, 2.45) is 5.92 Å². The number of nitrogens with zero attached hydrogens (tertiary/aromatic N) is 1. The van der Waals surface area contributed by atoms with E-state index in [9.17, 15) is 4.79 Å². The second-order valence-corrected chi connectivity index (χ2v) is 3.98. The maximum Gasteiger partial charge on any atom is 0.226 e. The standard InChI is InChI=1S/C10H20ClNO2/c1-8(2)12(5-6-14-4)10(13)9(3)7-11/h8-9H,5-7H2,1-4H3. The van der Waals surface area contributed by atoms with E-state index in [-0.39, 0.29) is 17.9 Å². The third kappa shape index (κ3) is 4.29. The van der Waals surface area contributed by atoms with Gasteiger partial charge < -0.3 is 9.64 Å². The van der Waals surface area contributed by atoms with Gasteiger partial charge in [0.05, 0.1) is 6.61 Å². The van der Waals surface area contributed by atoms with Crippen LogP contribution < -0.4 is 0 Å². The van der Waals surface area contributed by atoms with Crippen molar-refractivity contribution in [2.45, 2.75) is 26.8 Å². The Balaban J connectivity index is 4.25. The molecule has 0 fully saturated rings. The van der Waals surface area contributed by atoms with Crippen LogP contribution in [0.1, 0.15) is 20.8 Å². The van der Waals surface area contributed by atoms with Crippen LogP contribution in [0.15, 0.2) is 0 Å². The first-order valence-corrected chi connectivity index (χ1v) is 5.43. The number of halogens is 1. The van der Waals surface area contributed by atoms with Crippen LogP contribution in [0.5, 0.6) is 0 Å². The molecule has 0 radical (unpaired) electrons. The Morgan fingerprint density at radius 2 is 2.00 bits per heavy atom. The van der Waals surface area contributed by atoms with Gasteiger partial charge in [-0.25, -0.2) is 0 Å². The third-order valence-corrected chi connectivity index (χ3v) is 2.56. The van der Waals surface area contributed by atoms with Crippen molar-refractivity contribution in [1.29, 1.82) is 0 Å². The quantitative estimate of drug-likeness (QED) is 0.640. The highest BCUT2D eigenvalue weighted by atomic mass is 35.5. The maximum absolute atomic E-state index is 11.8. The van der Waals surface area contributed by atoms with E-state index in [0.29, 0.717) is 19.0 Å². The molecule has 84 valence electrons. The Bertz CT molecular complexity index is 174. The maximum atomic E-state index is 11.8. The minimum atomic E-state index is -0.115. The molecule has 14 heavy (non-hydrogen) atoms. The number of rotatable bonds is 6. The van der Waals surface area contributed by atoms with Crippen LogP contribution in [-0.2, 0) is 9.53 Å². The van der Waals surface area contributed by atoms with Gasteiger partial charge in [0.1, 0.15) is 0 Å². The summed E-state index contributed by atoms with van der Waals surface area (Å²) >= 11 is 5.65. The first-order chi connectivity index (χ1) is 6.54. The molecule has 4 heteroatoms. The smallest absolute Gasteiger partial charge is 0.226 e. The number of carbonyl (C=O) groups is 1. The Labute approximate surface area is 91.4 Å². The molecule has 0 aliphatic carbocycles. The molecule has 1 atom stereocenters. The monoisotopic (exact) mass is 221 g/mol. The summed E-state index contributed by atoms with van der Waals surface area (Å²) in [6.07, 6.45) is 0. The van der Waals surface area contributed by atoms with Crippen LogP contribution in [0, 0.1) is 5.92 Å². The van der Waals surface area contributed by atoms with Crippen molar-refractivity contribution in [2.75, 3.05) is 26.1 Å². The van der Waals surface area contributed by atoms with Crippen molar-refractivity contribution < 1.29 is 9.53 Å². The van der Waals surface area contributed by atoms with E-state index in [1.165, 1.54) is 0 Å². The average Bonchev–Trinajstić information content (AvgIpc) is 2.16. The van der Waals surface area contributed by atoms with Gasteiger partial charge >= 0.3 is 0 Å². The lowest BCUT2D eigenvalue weighted by Gasteiger charge is -2.28. The lowest BCUT2D eigenvalue weighted by molar-refractivity contribution is -0.136. The molecule has 1 amide bonds. The van der Waals surface area contributed by atoms with Gasteiger partial charge in [-0.3, -0.25) is 4.79 Å². The average molecular weight is 222 g/mol. The topological polar surface area (TPSA) is 29.5 Å². The fourth-order valence-electron chi connectivity index (χ4n) is 1.16. The van der Waals surface area contributed by atoms with E-state index in [1.54, 1.807) is 12.0 Å². The summed E-state index contributed by atoms with van der Waals surface area (Å²) in [5.74, 6) is 0.359. The predicted octanol–water partition coefficient (Wildman–Crippen LogP) is 1.74. The van der Waals surface area contributed by atoms with Crippen LogP contribution in [0.2, 0.25) is 0 Å². The Morgan fingerprint density at radius 1 is 1.43 bits per heavy atom. The van der Waals surface area contributed by atoms with Crippen LogP contribution in [-0.4, -0.2) is 43.0 Å². The highest BCUT2D eigenvalue weighted by Gasteiger charge is 2.21. The van der Waals surface area contributed by atoms with Crippen LogP contribution >= 0.6 is 11.6 Å². The van der Waals surface area contributed by atoms with Crippen molar-refractivity contribution in [3.63, 3.8) is 0 Å². The second-order valence-electron chi connectivity index (χ2n) is 3.67. The van der Waals surface area contributed by atoms with Gasteiger partial charge in [-0.15, -0.1) is 11.6 Å². The molecule has 0 N–H and O–H groups in total. The number of hydrogen-bond donors (Lipinski definition) is 0. The van der Waals surface area contributed by atoms with Gasteiger partial charge in [-0.1, -0.05) is 6.92 Å². The van der Waals surface area contributed by atoms with Crippen molar-refractivity contribution in [3.8, 4) is 0 Å². The van der Waals surface area contributed by atoms with Crippen LogP contribution in [0.3, 0.4) is 0 Å². The van der Waals surface area contributed by atoms with Crippen molar-refractivity contribution >= 4 is 17.5 Å². The molecule has 0 heterocycles. The minimum absolute atomic E-state index is 0.104. The van der Waals surface area contributed by atoms with Crippen molar-refractivity contribution in [3.05, 3.63) is 0 Å². The molecule has 0 saturated carbocycles. The highest BCUT2D eigenvalue weighted by Crippen LogP contribution is 2.08. The molecule has 0 aliphatic heterocycles. The summed E-state index contributed by atoms with van der Waals surface area (Å²) in [6.45, 7) is 7.04. The molecule has 0 aromatic heterocycles. The summed E-state index contributed by atoms with van der Waals surface area (Å²) in [7, 11) is 1.63. The van der Waals surface area contributed by atoms with E-state index < -0.39 is 0 Å². The lowest BCUT2D eigenvalue weighted by atomic mass is 10.1. The number of hydrogen-bond acceptors (Lipinski definition) is 2. The molecule has 0 aromatic carbocycles.